The Morgan fingerprint density at radius 2 is 1.35 bits per heavy atom. The molecule has 0 aromatic carbocycles. The number of anilines is 1. The summed E-state index contributed by atoms with van der Waals surface area (Å²) in [6.45, 7) is -2.21. The Kier molecular flexibility index (Phi) is 14.8. The number of phosphoric acid groups is 3. The first-order valence-corrected chi connectivity index (χ1v) is 24.5. The molecule has 19 unspecified atom stereocenters. The molecule has 6 aliphatic rings. The van der Waals surface area contributed by atoms with E-state index in [1.807, 2.05) is 0 Å². The van der Waals surface area contributed by atoms with E-state index in [4.69, 9.17) is 43.8 Å². The number of nitrogens with two attached hydrogens (primary N) is 2. The molecule has 0 saturated carbocycles. The van der Waals surface area contributed by atoms with E-state index in [1.165, 1.54) is 27.9 Å². The topological polar surface area (TPSA) is 466 Å². The first kappa shape index (κ1) is 49.8. The van der Waals surface area contributed by atoms with E-state index in [0.29, 0.717) is 6.67 Å². The number of rotatable bonds is 17. The SMILES string of the molecule is Nc1ncnc2c1ncn2C1OC(COP(=O)(O)OC(O)C2=CN(C3OC(COP(=O)(O)OP(=O)(O)OCC4OC(N5CNC6C(N)NCNC65)C(O)C4O)C(O)C3O)CC=C2)C(O)C1O. The van der Waals surface area contributed by atoms with Crippen LogP contribution in [0.5, 0.6) is 0 Å². The lowest BCUT2D eigenvalue weighted by Crippen LogP contribution is -2.68. The molecule has 32 nitrogen and oxygen atoms in total. The highest BCUT2D eigenvalue weighted by Crippen LogP contribution is 2.61. The number of nitrogen functional groups attached to an aromatic ring is 1. The first-order chi connectivity index (χ1) is 31.1. The van der Waals surface area contributed by atoms with Crippen LogP contribution in [0, 0.1) is 0 Å². The van der Waals surface area contributed by atoms with Gasteiger partial charge >= 0.3 is 23.5 Å². The highest BCUT2D eigenvalue weighted by atomic mass is 31.3. The molecule has 5 fully saturated rings. The summed E-state index contributed by atoms with van der Waals surface area (Å²) in [6, 6.07) is -0.286. The van der Waals surface area contributed by atoms with Crippen LogP contribution in [-0.4, -0.2) is 212 Å². The van der Waals surface area contributed by atoms with Gasteiger partial charge in [-0.05, 0) is 0 Å². The highest BCUT2D eigenvalue weighted by Gasteiger charge is 2.53. The smallest absolute Gasteiger partial charge is 0.387 e. The summed E-state index contributed by atoms with van der Waals surface area (Å²) in [5.74, 6) is 0.0472. The summed E-state index contributed by atoms with van der Waals surface area (Å²) < 4.78 is 80.4. The molecule has 19 atom stereocenters. The third-order valence-electron chi connectivity index (χ3n) is 11.4. The highest BCUT2D eigenvalue weighted by molar-refractivity contribution is 7.61. The van der Waals surface area contributed by atoms with E-state index in [-0.39, 0.29) is 41.8 Å². The van der Waals surface area contributed by atoms with Crippen LogP contribution in [0.2, 0.25) is 0 Å². The van der Waals surface area contributed by atoms with Crippen molar-refractivity contribution in [2.24, 2.45) is 5.73 Å². The average Bonchev–Trinajstić information content (AvgIpc) is 4.07. The van der Waals surface area contributed by atoms with E-state index < -0.39 is 136 Å². The zero-order valence-corrected chi connectivity index (χ0v) is 36.7. The number of hydrogen-bond acceptors (Lipinski definition) is 28. The molecule has 17 N–H and O–H groups in total. The number of fused-ring (bicyclic) bond motifs is 2. The quantitative estimate of drug-likeness (QED) is 0.0517. The summed E-state index contributed by atoms with van der Waals surface area (Å²) in [5.41, 5.74) is 12.1. The number of aromatic nitrogens is 4. The Labute approximate surface area is 372 Å². The number of hydrogen-bond donors (Lipinski definition) is 15. The number of imidazole rings is 1. The van der Waals surface area contributed by atoms with Crippen molar-refractivity contribution in [1.29, 1.82) is 0 Å². The van der Waals surface area contributed by atoms with E-state index in [2.05, 4.69) is 35.2 Å². The molecule has 0 spiro atoms. The Morgan fingerprint density at radius 1 is 0.773 bits per heavy atom. The molecule has 370 valence electrons. The van der Waals surface area contributed by atoms with E-state index in [9.17, 15) is 64.1 Å². The lowest BCUT2D eigenvalue weighted by atomic mass is 10.1. The van der Waals surface area contributed by atoms with Crippen molar-refractivity contribution in [2.75, 3.05) is 45.4 Å². The predicted molar refractivity (Wildman–Crippen MR) is 213 cm³/mol. The summed E-state index contributed by atoms with van der Waals surface area (Å²) in [5, 5.41) is 84.1. The van der Waals surface area contributed by atoms with Crippen molar-refractivity contribution in [3.05, 3.63) is 36.6 Å². The minimum Gasteiger partial charge on any atom is -0.387 e. The van der Waals surface area contributed by atoms with E-state index in [0.717, 1.165) is 12.5 Å². The van der Waals surface area contributed by atoms with Crippen molar-refractivity contribution in [3.63, 3.8) is 0 Å². The van der Waals surface area contributed by atoms with Gasteiger partial charge in [-0.3, -0.25) is 38.6 Å². The second-order valence-electron chi connectivity index (χ2n) is 15.7. The molecule has 0 amide bonds. The molecular weight excluding hydrogens is 955 g/mol. The predicted octanol–water partition coefficient (Wildman–Crippen LogP) is -6.63. The van der Waals surface area contributed by atoms with Gasteiger partial charge < -0.3 is 81.0 Å². The van der Waals surface area contributed by atoms with Gasteiger partial charge in [0.2, 0.25) is 0 Å². The van der Waals surface area contributed by atoms with Crippen LogP contribution in [0.15, 0.2) is 36.6 Å². The van der Waals surface area contributed by atoms with Gasteiger partial charge in [0.1, 0.15) is 73.0 Å². The van der Waals surface area contributed by atoms with Crippen LogP contribution in [0.25, 0.3) is 11.2 Å². The summed E-state index contributed by atoms with van der Waals surface area (Å²) in [4.78, 5) is 45.7. The molecule has 35 heteroatoms. The molecule has 0 bridgehead atoms. The zero-order valence-electron chi connectivity index (χ0n) is 34.0. The number of nitrogens with one attached hydrogen (secondary N) is 3. The second-order valence-corrected chi connectivity index (χ2v) is 20.2. The van der Waals surface area contributed by atoms with E-state index in [1.54, 1.807) is 4.90 Å². The molecule has 0 radical (unpaired) electrons. The van der Waals surface area contributed by atoms with Crippen LogP contribution in [0.4, 0.5) is 5.82 Å². The fourth-order valence-electron chi connectivity index (χ4n) is 8.11. The molecule has 8 rings (SSSR count). The number of phosphoric ester groups is 3. The van der Waals surface area contributed by atoms with Gasteiger partial charge in [0, 0.05) is 25.0 Å². The number of aliphatic hydroxyl groups excluding tert-OH is 7. The summed E-state index contributed by atoms with van der Waals surface area (Å²) in [7, 11) is -16.1. The lowest BCUT2D eigenvalue weighted by molar-refractivity contribution is -0.109. The Morgan fingerprint density at radius 3 is 2.00 bits per heavy atom. The van der Waals surface area contributed by atoms with Gasteiger partial charge in [-0.25, -0.2) is 33.5 Å². The Balaban J connectivity index is 0.797. The molecular formula is C31H50N11O21P3. The fraction of sp³-hybridized carbons (Fsp3) is 0.710. The average molecular weight is 1010 g/mol. The van der Waals surface area contributed by atoms with Gasteiger partial charge in [-0.1, -0.05) is 12.2 Å². The fourth-order valence-corrected chi connectivity index (χ4v) is 11.0. The van der Waals surface area contributed by atoms with Gasteiger partial charge in [-0.15, -0.1) is 0 Å². The monoisotopic (exact) mass is 1010 g/mol. The zero-order chi connectivity index (χ0) is 47.5. The molecule has 0 aliphatic carbocycles. The maximum absolute atomic E-state index is 12.9. The van der Waals surface area contributed by atoms with Crippen molar-refractivity contribution >= 4 is 40.4 Å². The second kappa shape index (κ2) is 19.7. The number of aliphatic hydroxyl groups is 7. The Bertz CT molecular complexity index is 2270. The number of nitrogens with zero attached hydrogens (tertiary/aromatic N) is 6. The largest absolute Gasteiger partial charge is 0.481 e. The number of ether oxygens (including phenoxy) is 3. The minimum absolute atomic E-state index is 0.0425. The minimum atomic E-state index is -5.49. The summed E-state index contributed by atoms with van der Waals surface area (Å²) in [6.07, 6.45) is -14.9. The first-order valence-electron chi connectivity index (χ1n) is 20.0. The maximum Gasteiger partial charge on any atom is 0.481 e. The normalized spacial score (nSPS) is 39.4. The molecule has 66 heavy (non-hydrogen) atoms. The maximum atomic E-state index is 12.9. The lowest BCUT2D eigenvalue weighted by Gasteiger charge is -2.38. The van der Waals surface area contributed by atoms with Crippen LogP contribution in [-0.2, 0) is 50.3 Å². The molecule has 2 aromatic heterocycles. The van der Waals surface area contributed by atoms with Crippen molar-refractivity contribution in [3.8, 4) is 0 Å². The van der Waals surface area contributed by atoms with Crippen molar-refractivity contribution in [2.45, 2.75) is 98.3 Å². The van der Waals surface area contributed by atoms with Gasteiger partial charge in [-0.2, -0.15) is 4.31 Å². The van der Waals surface area contributed by atoms with Gasteiger partial charge in [0.05, 0.1) is 51.2 Å². The van der Waals surface area contributed by atoms with Crippen LogP contribution in [0.1, 0.15) is 6.23 Å². The summed E-state index contributed by atoms with van der Waals surface area (Å²) >= 11 is 0. The van der Waals surface area contributed by atoms with Crippen molar-refractivity contribution < 1.29 is 101 Å². The Hall–Kier alpha value is -2.60. The van der Waals surface area contributed by atoms with Crippen LogP contribution < -0.4 is 27.4 Å². The standard InChI is InChI=1S/C31H50N11O21P3/c32-24-16-26(36-8-34-24)41(10-38-16)29-22(47)19(44)14(60-29)5-56-64(50,51)62-31(49)12-2-1-3-40(4-12)28-21(46)18(43)13(59-28)6-57-65(52,53)63-66(54,55)58-7-15-20(45)23(48)30(61-15)42-11-39-17-25(33)35-9-37-27(17)42/h1-2,4,8,10,13-15,17-23,25,27-31,35,37,39,43-49H,3,5-7,9,11,33H2,(H,50,51)(H,52,53)(H,54,55)(H2,32,34,36). The molecule has 2 aromatic rings. The molecule has 6 aliphatic heterocycles. The van der Waals surface area contributed by atoms with Gasteiger partial charge in [0.15, 0.2) is 30.2 Å². The third kappa shape index (κ3) is 10.5. The molecule has 8 heterocycles. The van der Waals surface area contributed by atoms with Crippen LogP contribution in [0.3, 0.4) is 0 Å². The van der Waals surface area contributed by atoms with Gasteiger partial charge in [0.25, 0.3) is 0 Å². The van der Waals surface area contributed by atoms with E-state index >= 15 is 0 Å². The third-order valence-corrected chi connectivity index (χ3v) is 15.0. The van der Waals surface area contributed by atoms with Crippen molar-refractivity contribution in [1.82, 2.24) is 45.3 Å². The molecule has 5 saturated heterocycles. The van der Waals surface area contributed by atoms with Crippen LogP contribution >= 0.6 is 23.5 Å².